The van der Waals surface area contributed by atoms with Crippen molar-refractivity contribution in [3.63, 3.8) is 0 Å². The van der Waals surface area contributed by atoms with Gasteiger partial charge in [-0.15, -0.1) is 0 Å². The Morgan fingerprint density at radius 3 is 2.33 bits per heavy atom. The highest BCUT2D eigenvalue weighted by atomic mass is 16.5. The fourth-order valence-corrected chi connectivity index (χ4v) is 5.32. The minimum absolute atomic E-state index is 0.0230. The number of rotatable bonds is 11. The molecular formula is C27H42O3. The van der Waals surface area contributed by atoms with Gasteiger partial charge in [-0.1, -0.05) is 51.7 Å². The molecule has 0 N–H and O–H groups in total. The van der Waals surface area contributed by atoms with Gasteiger partial charge in [-0.2, -0.15) is 0 Å². The second-order valence-electron chi connectivity index (χ2n) is 9.57. The van der Waals surface area contributed by atoms with Gasteiger partial charge in [0.15, 0.2) is 0 Å². The van der Waals surface area contributed by atoms with E-state index in [1.807, 2.05) is 12.1 Å². The number of hydrogen-bond acceptors (Lipinski definition) is 3. The standard InChI is InChI=1S/C27H42O3/c1-3-5-7-9-21-10-15-25(16-11-21)30-27(28)24-13-12-23-20-26(17-14-22(23)19-24)29-18-8-6-4-2/h10-11,15-16,22-24,26H,3-9,12-14,17-20H2,1-2H3. The SMILES string of the molecule is CCCCCOC1CCC2CC(C(=O)Oc3ccc(CCCCC)cc3)CCC2C1. The molecule has 0 heterocycles. The molecule has 4 atom stereocenters. The summed E-state index contributed by atoms with van der Waals surface area (Å²) < 4.78 is 11.9. The van der Waals surface area contributed by atoms with E-state index < -0.39 is 0 Å². The Balaban J connectivity index is 1.40. The van der Waals surface area contributed by atoms with Crippen molar-refractivity contribution in [3.05, 3.63) is 29.8 Å². The molecular weight excluding hydrogens is 372 g/mol. The van der Waals surface area contributed by atoms with Crippen molar-refractivity contribution in [2.75, 3.05) is 6.61 Å². The molecule has 1 aromatic carbocycles. The van der Waals surface area contributed by atoms with Gasteiger partial charge in [0.1, 0.15) is 5.75 Å². The van der Waals surface area contributed by atoms with Crippen LogP contribution in [0.3, 0.4) is 0 Å². The number of unbranched alkanes of at least 4 members (excludes halogenated alkanes) is 4. The van der Waals surface area contributed by atoms with E-state index in [0.29, 0.717) is 17.8 Å². The maximum Gasteiger partial charge on any atom is 0.314 e. The molecule has 0 radical (unpaired) electrons. The van der Waals surface area contributed by atoms with Crippen LogP contribution in [0.25, 0.3) is 0 Å². The average molecular weight is 415 g/mol. The third-order valence-electron chi connectivity index (χ3n) is 7.21. The summed E-state index contributed by atoms with van der Waals surface area (Å²) in [6.07, 6.45) is 15.7. The van der Waals surface area contributed by atoms with Gasteiger partial charge in [-0.25, -0.2) is 0 Å². The molecule has 2 saturated carbocycles. The summed E-state index contributed by atoms with van der Waals surface area (Å²) in [5, 5.41) is 0. The van der Waals surface area contributed by atoms with Crippen molar-refractivity contribution in [2.24, 2.45) is 17.8 Å². The largest absolute Gasteiger partial charge is 0.426 e. The van der Waals surface area contributed by atoms with Crippen LogP contribution in [0.2, 0.25) is 0 Å². The van der Waals surface area contributed by atoms with E-state index in [1.54, 1.807) is 0 Å². The fourth-order valence-electron chi connectivity index (χ4n) is 5.32. The van der Waals surface area contributed by atoms with Crippen LogP contribution in [0.5, 0.6) is 5.75 Å². The predicted octanol–water partition coefficient (Wildman–Crippen LogP) is 7.12. The molecule has 3 heteroatoms. The zero-order valence-electron chi connectivity index (χ0n) is 19.2. The van der Waals surface area contributed by atoms with E-state index in [0.717, 1.165) is 44.6 Å². The maximum absolute atomic E-state index is 12.8. The molecule has 3 nitrogen and oxygen atoms in total. The number of fused-ring (bicyclic) bond motifs is 1. The van der Waals surface area contributed by atoms with Crippen LogP contribution >= 0.6 is 0 Å². The fraction of sp³-hybridized carbons (Fsp3) is 0.741. The van der Waals surface area contributed by atoms with Crippen LogP contribution in [0.1, 0.15) is 96.5 Å². The summed E-state index contributed by atoms with van der Waals surface area (Å²) in [6, 6.07) is 8.14. The predicted molar refractivity (Wildman–Crippen MR) is 123 cm³/mol. The van der Waals surface area contributed by atoms with Crippen LogP contribution < -0.4 is 4.74 Å². The Labute approximate surface area is 183 Å². The van der Waals surface area contributed by atoms with Crippen molar-refractivity contribution < 1.29 is 14.3 Å². The first-order chi connectivity index (χ1) is 14.7. The molecule has 3 rings (SSSR count). The van der Waals surface area contributed by atoms with Gasteiger partial charge in [0.05, 0.1) is 12.0 Å². The highest BCUT2D eigenvalue weighted by Gasteiger charge is 2.38. The summed E-state index contributed by atoms with van der Waals surface area (Å²) in [6.45, 7) is 5.38. The summed E-state index contributed by atoms with van der Waals surface area (Å²) in [4.78, 5) is 12.8. The number of aryl methyl sites for hydroxylation is 1. The molecule has 0 spiro atoms. The molecule has 0 amide bonds. The first-order valence-electron chi connectivity index (χ1n) is 12.6. The summed E-state index contributed by atoms with van der Waals surface area (Å²) in [5.74, 6) is 2.15. The lowest BCUT2D eigenvalue weighted by molar-refractivity contribution is -0.141. The van der Waals surface area contributed by atoms with Gasteiger partial charge in [0.25, 0.3) is 0 Å². The smallest absolute Gasteiger partial charge is 0.314 e. The number of hydrogen-bond donors (Lipinski definition) is 0. The molecule has 30 heavy (non-hydrogen) atoms. The molecule has 4 unspecified atom stereocenters. The van der Waals surface area contributed by atoms with E-state index in [9.17, 15) is 4.79 Å². The number of esters is 1. The zero-order chi connectivity index (χ0) is 21.2. The lowest BCUT2D eigenvalue weighted by Gasteiger charge is -2.41. The summed E-state index contributed by atoms with van der Waals surface area (Å²) >= 11 is 0. The van der Waals surface area contributed by atoms with Gasteiger partial charge in [-0.05, 0) is 87.3 Å². The highest BCUT2D eigenvalue weighted by molar-refractivity contribution is 5.75. The number of carbonyl (C=O) groups excluding carboxylic acids is 1. The molecule has 0 bridgehead atoms. The van der Waals surface area contributed by atoms with Crippen LogP contribution in [0, 0.1) is 17.8 Å². The van der Waals surface area contributed by atoms with E-state index in [-0.39, 0.29) is 11.9 Å². The van der Waals surface area contributed by atoms with E-state index in [1.165, 1.54) is 56.9 Å². The quantitative estimate of drug-likeness (QED) is 0.220. The van der Waals surface area contributed by atoms with E-state index in [2.05, 4.69) is 26.0 Å². The van der Waals surface area contributed by atoms with Gasteiger partial charge < -0.3 is 9.47 Å². The maximum atomic E-state index is 12.8. The monoisotopic (exact) mass is 414 g/mol. The molecule has 2 aliphatic carbocycles. The Bertz CT molecular complexity index is 624. The Morgan fingerprint density at radius 2 is 1.57 bits per heavy atom. The van der Waals surface area contributed by atoms with Gasteiger partial charge in [0, 0.05) is 6.61 Å². The molecule has 168 valence electrons. The second-order valence-corrected chi connectivity index (χ2v) is 9.57. The molecule has 0 aliphatic heterocycles. The van der Waals surface area contributed by atoms with Gasteiger partial charge in [0.2, 0.25) is 0 Å². The number of carbonyl (C=O) groups is 1. The Morgan fingerprint density at radius 1 is 0.867 bits per heavy atom. The van der Waals surface area contributed by atoms with E-state index >= 15 is 0 Å². The summed E-state index contributed by atoms with van der Waals surface area (Å²) in [7, 11) is 0. The first kappa shape index (κ1) is 23.3. The van der Waals surface area contributed by atoms with Crippen LogP contribution in [-0.4, -0.2) is 18.7 Å². The second kappa shape index (κ2) is 12.5. The normalized spacial score (nSPS) is 26.2. The molecule has 2 aliphatic rings. The van der Waals surface area contributed by atoms with Crippen molar-refractivity contribution in [1.82, 2.24) is 0 Å². The Hall–Kier alpha value is -1.35. The third-order valence-corrected chi connectivity index (χ3v) is 7.21. The van der Waals surface area contributed by atoms with Crippen molar-refractivity contribution in [1.29, 1.82) is 0 Å². The molecule has 0 saturated heterocycles. The van der Waals surface area contributed by atoms with Crippen LogP contribution in [0.15, 0.2) is 24.3 Å². The van der Waals surface area contributed by atoms with Gasteiger partial charge >= 0.3 is 5.97 Å². The highest BCUT2D eigenvalue weighted by Crippen LogP contribution is 2.44. The van der Waals surface area contributed by atoms with Crippen molar-refractivity contribution in [2.45, 2.75) is 103 Å². The van der Waals surface area contributed by atoms with Gasteiger partial charge in [-0.3, -0.25) is 4.79 Å². The molecule has 0 aromatic heterocycles. The molecule has 1 aromatic rings. The van der Waals surface area contributed by atoms with E-state index in [4.69, 9.17) is 9.47 Å². The lowest BCUT2D eigenvalue weighted by Crippen LogP contribution is -2.37. The number of ether oxygens (including phenoxy) is 2. The minimum atomic E-state index is -0.0230. The van der Waals surface area contributed by atoms with Crippen molar-refractivity contribution in [3.8, 4) is 5.75 Å². The van der Waals surface area contributed by atoms with Crippen LogP contribution in [0.4, 0.5) is 0 Å². The zero-order valence-corrected chi connectivity index (χ0v) is 19.2. The Kier molecular flexibility index (Phi) is 9.71. The molecule has 2 fully saturated rings. The third kappa shape index (κ3) is 7.11. The average Bonchev–Trinajstić information content (AvgIpc) is 2.77. The lowest BCUT2D eigenvalue weighted by atomic mass is 9.67. The van der Waals surface area contributed by atoms with Crippen molar-refractivity contribution >= 4 is 5.97 Å². The first-order valence-corrected chi connectivity index (χ1v) is 12.6. The number of benzene rings is 1. The van der Waals surface area contributed by atoms with Crippen LogP contribution in [-0.2, 0) is 16.0 Å². The summed E-state index contributed by atoms with van der Waals surface area (Å²) in [5.41, 5.74) is 1.33. The topological polar surface area (TPSA) is 35.5 Å². The minimum Gasteiger partial charge on any atom is -0.426 e.